The van der Waals surface area contributed by atoms with Crippen LogP contribution in [0.1, 0.15) is 22.3 Å². The van der Waals surface area contributed by atoms with Crippen LogP contribution in [0, 0.1) is 6.92 Å². The molecule has 0 saturated heterocycles. The minimum absolute atomic E-state index is 0.617. The molecule has 1 aliphatic rings. The molecule has 1 heterocycles. The van der Waals surface area contributed by atoms with Crippen LogP contribution in [0.4, 0.5) is 0 Å². The summed E-state index contributed by atoms with van der Waals surface area (Å²) in [5, 5.41) is 8.16. The Bertz CT molecular complexity index is 490. The maximum Gasteiger partial charge on any atom is 0.0219 e. The summed E-state index contributed by atoms with van der Waals surface area (Å²) in [6, 6.07) is 9.42. The Morgan fingerprint density at radius 2 is 1.88 bits per heavy atom. The van der Waals surface area contributed by atoms with E-state index in [1.807, 2.05) is 0 Å². The predicted molar refractivity (Wildman–Crippen MR) is 73.5 cm³/mol. The molecule has 1 aromatic heterocycles. The van der Waals surface area contributed by atoms with E-state index in [9.17, 15) is 0 Å². The molecule has 2 aromatic rings. The van der Waals surface area contributed by atoms with E-state index in [-0.39, 0.29) is 0 Å². The molecule has 1 N–H and O–H groups in total. The molecule has 0 spiro atoms. The van der Waals surface area contributed by atoms with Gasteiger partial charge in [0.25, 0.3) is 0 Å². The number of rotatable bonds is 3. The van der Waals surface area contributed by atoms with Crippen molar-refractivity contribution < 1.29 is 0 Å². The van der Waals surface area contributed by atoms with Crippen LogP contribution in [0.3, 0.4) is 0 Å². The highest BCUT2D eigenvalue weighted by molar-refractivity contribution is 7.08. The van der Waals surface area contributed by atoms with Crippen LogP contribution >= 0.6 is 11.3 Å². The van der Waals surface area contributed by atoms with Gasteiger partial charge in [-0.25, -0.2) is 0 Å². The lowest BCUT2D eigenvalue weighted by Gasteiger charge is -2.11. The second-order valence-electron chi connectivity index (χ2n) is 4.83. The normalized spacial score (nSPS) is 15.1. The van der Waals surface area contributed by atoms with Gasteiger partial charge in [-0.3, -0.25) is 0 Å². The Kier molecular flexibility index (Phi) is 3.00. The highest BCUT2D eigenvalue weighted by Crippen LogP contribution is 2.22. The van der Waals surface area contributed by atoms with Gasteiger partial charge in [-0.15, -0.1) is 0 Å². The second kappa shape index (κ2) is 4.63. The third-order valence-electron chi connectivity index (χ3n) is 3.59. The van der Waals surface area contributed by atoms with Gasteiger partial charge in [-0.05, 0) is 52.8 Å². The maximum atomic E-state index is 3.68. The van der Waals surface area contributed by atoms with Crippen molar-refractivity contribution in [3.63, 3.8) is 0 Å². The van der Waals surface area contributed by atoms with Crippen LogP contribution in [0.25, 0.3) is 0 Å². The Hall–Kier alpha value is -1.12. The Morgan fingerprint density at radius 1 is 1.18 bits per heavy atom. The minimum Gasteiger partial charge on any atom is -0.309 e. The van der Waals surface area contributed by atoms with Crippen molar-refractivity contribution in [2.24, 2.45) is 0 Å². The van der Waals surface area contributed by atoms with Crippen molar-refractivity contribution in [2.75, 3.05) is 0 Å². The van der Waals surface area contributed by atoms with Crippen molar-refractivity contribution in [1.29, 1.82) is 0 Å². The predicted octanol–water partition coefficient (Wildman–Crippen LogP) is 3.31. The molecule has 0 bridgehead atoms. The summed E-state index contributed by atoms with van der Waals surface area (Å²) in [5.41, 5.74) is 5.91. The zero-order chi connectivity index (χ0) is 11.7. The molecule has 0 aliphatic heterocycles. The first kappa shape index (κ1) is 11.0. The van der Waals surface area contributed by atoms with Gasteiger partial charge in [0.2, 0.25) is 0 Å². The fourth-order valence-corrected chi connectivity index (χ4v) is 3.38. The van der Waals surface area contributed by atoms with Gasteiger partial charge in [-0.1, -0.05) is 24.3 Å². The zero-order valence-electron chi connectivity index (χ0n) is 10.1. The van der Waals surface area contributed by atoms with Gasteiger partial charge in [0.1, 0.15) is 0 Å². The maximum absolute atomic E-state index is 3.68. The lowest BCUT2D eigenvalue weighted by atomic mass is 10.1. The molecule has 0 fully saturated rings. The second-order valence-corrected chi connectivity index (χ2v) is 5.58. The highest BCUT2D eigenvalue weighted by Gasteiger charge is 2.20. The van der Waals surface area contributed by atoms with Crippen LogP contribution in [0.2, 0.25) is 0 Å². The molecule has 3 rings (SSSR count). The zero-order valence-corrected chi connectivity index (χ0v) is 10.9. The summed E-state index contributed by atoms with van der Waals surface area (Å²) in [7, 11) is 0. The SMILES string of the molecule is Cc1cscc1CNC1Cc2ccccc2C1. The fraction of sp³-hybridized carbons (Fsp3) is 0.333. The van der Waals surface area contributed by atoms with Gasteiger partial charge >= 0.3 is 0 Å². The molecular formula is C15H17NS. The van der Waals surface area contributed by atoms with Crippen LogP contribution in [-0.2, 0) is 19.4 Å². The Morgan fingerprint density at radius 3 is 2.47 bits per heavy atom. The van der Waals surface area contributed by atoms with E-state index in [0.717, 1.165) is 6.54 Å². The first-order valence-electron chi connectivity index (χ1n) is 6.15. The number of hydrogen-bond acceptors (Lipinski definition) is 2. The molecule has 0 atom stereocenters. The van der Waals surface area contributed by atoms with Gasteiger partial charge in [0.05, 0.1) is 0 Å². The third kappa shape index (κ3) is 2.28. The summed E-state index contributed by atoms with van der Waals surface area (Å²) in [4.78, 5) is 0. The van der Waals surface area contributed by atoms with Crippen molar-refractivity contribution in [2.45, 2.75) is 32.4 Å². The minimum atomic E-state index is 0.617. The number of nitrogens with one attached hydrogen (secondary N) is 1. The first-order chi connectivity index (χ1) is 8.33. The number of fused-ring (bicyclic) bond motifs is 1. The molecule has 0 saturated carbocycles. The Balaban J connectivity index is 1.61. The lowest BCUT2D eigenvalue weighted by Crippen LogP contribution is -2.28. The third-order valence-corrected chi connectivity index (χ3v) is 4.50. The van der Waals surface area contributed by atoms with E-state index < -0.39 is 0 Å². The van der Waals surface area contributed by atoms with E-state index >= 15 is 0 Å². The van der Waals surface area contributed by atoms with Crippen molar-refractivity contribution in [3.8, 4) is 0 Å². The summed E-state index contributed by atoms with van der Waals surface area (Å²) >= 11 is 1.80. The average molecular weight is 243 g/mol. The molecule has 1 aromatic carbocycles. The van der Waals surface area contributed by atoms with Gasteiger partial charge in [-0.2, -0.15) is 11.3 Å². The molecule has 0 amide bonds. The molecule has 0 radical (unpaired) electrons. The van der Waals surface area contributed by atoms with Crippen molar-refractivity contribution >= 4 is 11.3 Å². The van der Waals surface area contributed by atoms with E-state index in [1.165, 1.54) is 35.1 Å². The number of aryl methyl sites for hydroxylation is 1. The van der Waals surface area contributed by atoms with E-state index in [2.05, 4.69) is 47.3 Å². The van der Waals surface area contributed by atoms with Gasteiger partial charge in [0, 0.05) is 12.6 Å². The van der Waals surface area contributed by atoms with Gasteiger partial charge in [0.15, 0.2) is 0 Å². The topological polar surface area (TPSA) is 12.0 Å². The van der Waals surface area contributed by atoms with E-state index in [0.29, 0.717) is 6.04 Å². The summed E-state index contributed by atoms with van der Waals surface area (Å²) in [5.74, 6) is 0. The fourth-order valence-electron chi connectivity index (χ4n) is 2.53. The summed E-state index contributed by atoms with van der Waals surface area (Å²) in [6.45, 7) is 3.20. The van der Waals surface area contributed by atoms with Crippen LogP contribution in [0.15, 0.2) is 35.0 Å². The number of hydrogen-bond donors (Lipinski definition) is 1. The van der Waals surface area contributed by atoms with E-state index in [1.54, 1.807) is 11.3 Å². The molecule has 17 heavy (non-hydrogen) atoms. The number of benzene rings is 1. The quantitative estimate of drug-likeness (QED) is 0.872. The first-order valence-corrected chi connectivity index (χ1v) is 7.09. The lowest BCUT2D eigenvalue weighted by molar-refractivity contribution is 0.532. The van der Waals surface area contributed by atoms with Gasteiger partial charge < -0.3 is 5.32 Å². The molecule has 2 heteroatoms. The monoisotopic (exact) mass is 243 g/mol. The molecule has 0 unspecified atom stereocenters. The molecule has 1 nitrogen and oxygen atoms in total. The number of thiophene rings is 1. The highest BCUT2D eigenvalue weighted by atomic mass is 32.1. The standard InChI is InChI=1S/C15H17NS/c1-11-9-17-10-14(11)8-16-15-6-12-4-2-3-5-13(12)7-15/h2-5,9-10,15-16H,6-8H2,1H3. The van der Waals surface area contributed by atoms with Crippen LogP contribution in [-0.4, -0.2) is 6.04 Å². The molecule has 88 valence electrons. The average Bonchev–Trinajstić information content (AvgIpc) is 2.92. The summed E-state index contributed by atoms with van der Waals surface area (Å²) in [6.07, 6.45) is 2.36. The summed E-state index contributed by atoms with van der Waals surface area (Å²) < 4.78 is 0. The van der Waals surface area contributed by atoms with E-state index in [4.69, 9.17) is 0 Å². The molecule has 1 aliphatic carbocycles. The van der Waals surface area contributed by atoms with Crippen LogP contribution < -0.4 is 5.32 Å². The van der Waals surface area contributed by atoms with Crippen LogP contribution in [0.5, 0.6) is 0 Å². The van der Waals surface area contributed by atoms with Crippen molar-refractivity contribution in [3.05, 3.63) is 57.3 Å². The van der Waals surface area contributed by atoms with Crippen molar-refractivity contribution in [1.82, 2.24) is 5.32 Å². The smallest absolute Gasteiger partial charge is 0.0219 e. The Labute approximate surface area is 106 Å². The largest absolute Gasteiger partial charge is 0.309 e. The molecular weight excluding hydrogens is 226 g/mol.